The van der Waals surface area contributed by atoms with Gasteiger partial charge in [-0.15, -0.1) is 11.3 Å². The summed E-state index contributed by atoms with van der Waals surface area (Å²) >= 11 is 0.846. The molecule has 1 aromatic heterocycles. The molecule has 0 atom stereocenters. The van der Waals surface area contributed by atoms with E-state index in [2.05, 4.69) is 10.3 Å². The minimum Gasteiger partial charge on any atom is -1.00 e. The van der Waals surface area contributed by atoms with Gasteiger partial charge in [-0.3, -0.25) is 4.79 Å². The average Bonchev–Trinajstić information content (AvgIpc) is 2.87. The van der Waals surface area contributed by atoms with Crippen molar-refractivity contribution in [3.05, 3.63) is 35.3 Å². The molecular formula is C13H12F3N2NaO2S. The van der Waals surface area contributed by atoms with E-state index in [0.29, 0.717) is 11.4 Å². The molecule has 2 rings (SSSR count). The SMILES string of the molecule is CCC(=O)Oc1cccc(Nc2nc(C(F)(F)F)cs2)c1.[H-].[Na+]. The summed E-state index contributed by atoms with van der Waals surface area (Å²) in [5, 5.41) is 3.79. The zero-order valence-electron chi connectivity index (χ0n) is 12.9. The number of hydrogen-bond acceptors (Lipinski definition) is 5. The second kappa shape index (κ2) is 7.96. The summed E-state index contributed by atoms with van der Waals surface area (Å²) in [5.41, 5.74) is -0.456. The first-order valence-corrected chi connectivity index (χ1v) is 6.87. The van der Waals surface area contributed by atoms with Gasteiger partial charge in [-0.25, -0.2) is 4.98 Å². The number of anilines is 2. The Hall–Kier alpha value is -1.09. The first kappa shape index (κ1) is 19.0. The molecule has 0 saturated carbocycles. The Morgan fingerprint density at radius 3 is 2.77 bits per heavy atom. The van der Waals surface area contributed by atoms with Gasteiger partial charge in [-0.2, -0.15) is 13.2 Å². The molecule has 0 unspecified atom stereocenters. The number of thiazole rings is 1. The number of ether oxygens (including phenoxy) is 1. The van der Waals surface area contributed by atoms with Gasteiger partial charge in [0.05, 0.1) is 0 Å². The zero-order valence-corrected chi connectivity index (χ0v) is 14.7. The van der Waals surface area contributed by atoms with Crippen molar-refractivity contribution in [3.8, 4) is 5.75 Å². The summed E-state index contributed by atoms with van der Waals surface area (Å²) < 4.78 is 42.4. The molecule has 0 aliphatic rings. The van der Waals surface area contributed by atoms with Crippen molar-refractivity contribution < 1.29 is 53.7 Å². The van der Waals surface area contributed by atoms with Crippen LogP contribution >= 0.6 is 11.3 Å². The Balaban J connectivity index is 0.00000242. The van der Waals surface area contributed by atoms with Crippen LogP contribution in [0.4, 0.5) is 24.0 Å². The Morgan fingerprint density at radius 2 is 2.18 bits per heavy atom. The quantitative estimate of drug-likeness (QED) is 0.518. The van der Waals surface area contributed by atoms with Crippen LogP contribution in [0.25, 0.3) is 0 Å². The first-order chi connectivity index (χ1) is 9.88. The molecule has 0 bridgehead atoms. The maximum absolute atomic E-state index is 12.4. The predicted molar refractivity (Wildman–Crippen MR) is 73.9 cm³/mol. The monoisotopic (exact) mass is 340 g/mol. The Bertz CT molecular complexity index is 652. The number of benzene rings is 1. The van der Waals surface area contributed by atoms with Crippen LogP contribution < -0.4 is 39.6 Å². The largest absolute Gasteiger partial charge is 1.00 e. The fraction of sp³-hybridized carbons (Fsp3) is 0.231. The van der Waals surface area contributed by atoms with E-state index in [9.17, 15) is 18.0 Å². The minimum atomic E-state index is -4.46. The molecule has 1 aromatic carbocycles. The number of halogens is 3. The molecule has 0 spiro atoms. The van der Waals surface area contributed by atoms with Crippen LogP contribution in [0.1, 0.15) is 20.5 Å². The molecule has 0 radical (unpaired) electrons. The van der Waals surface area contributed by atoms with Gasteiger partial charge >= 0.3 is 41.7 Å². The van der Waals surface area contributed by atoms with Crippen molar-refractivity contribution in [1.82, 2.24) is 4.98 Å². The maximum Gasteiger partial charge on any atom is 1.00 e. The van der Waals surface area contributed by atoms with Crippen LogP contribution in [-0.2, 0) is 11.0 Å². The molecule has 0 saturated heterocycles. The molecule has 0 aliphatic carbocycles. The molecule has 114 valence electrons. The zero-order chi connectivity index (χ0) is 15.5. The summed E-state index contributed by atoms with van der Waals surface area (Å²) in [6, 6.07) is 6.36. The van der Waals surface area contributed by atoms with E-state index in [0.717, 1.165) is 16.7 Å². The Kier molecular flexibility index (Phi) is 6.86. The summed E-state index contributed by atoms with van der Waals surface area (Å²) in [4.78, 5) is 14.6. The van der Waals surface area contributed by atoms with E-state index >= 15 is 0 Å². The van der Waals surface area contributed by atoms with Crippen LogP contribution in [-0.4, -0.2) is 11.0 Å². The summed E-state index contributed by atoms with van der Waals surface area (Å²) in [5.74, 6) is -0.0693. The molecule has 1 N–H and O–H groups in total. The van der Waals surface area contributed by atoms with E-state index in [-0.39, 0.29) is 48.5 Å². The predicted octanol–water partition coefficient (Wildman–Crippen LogP) is 1.34. The van der Waals surface area contributed by atoms with Gasteiger partial charge < -0.3 is 11.5 Å². The van der Waals surface area contributed by atoms with Gasteiger partial charge in [0.25, 0.3) is 0 Å². The second-order valence-electron chi connectivity index (χ2n) is 4.02. The summed E-state index contributed by atoms with van der Waals surface area (Å²) in [6.07, 6.45) is -4.23. The van der Waals surface area contributed by atoms with Gasteiger partial charge in [-0.1, -0.05) is 13.0 Å². The first-order valence-electron chi connectivity index (χ1n) is 5.99. The minimum absolute atomic E-state index is 0. The topological polar surface area (TPSA) is 51.2 Å². The summed E-state index contributed by atoms with van der Waals surface area (Å²) in [6.45, 7) is 1.67. The van der Waals surface area contributed by atoms with Crippen molar-refractivity contribution in [1.29, 1.82) is 0 Å². The molecular weight excluding hydrogens is 328 g/mol. The van der Waals surface area contributed by atoms with Crippen LogP contribution in [0.5, 0.6) is 5.75 Å². The van der Waals surface area contributed by atoms with Gasteiger partial charge in [0.1, 0.15) is 5.75 Å². The number of carbonyl (C=O) groups excluding carboxylic acids is 1. The molecule has 9 heteroatoms. The van der Waals surface area contributed by atoms with Crippen molar-refractivity contribution in [2.24, 2.45) is 0 Å². The van der Waals surface area contributed by atoms with Crippen LogP contribution in [0.2, 0.25) is 0 Å². The Labute approximate surface area is 152 Å². The van der Waals surface area contributed by atoms with E-state index in [1.54, 1.807) is 25.1 Å². The van der Waals surface area contributed by atoms with Crippen molar-refractivity contribution in [2.75, 3.05) is 5.32 Å². The maximum atomic E-state index is 12.4. The van der Waals surface area contributed by atoms with Crippen molar-refractivity contribution >= 4 is 28.1 Å². The fourth-order valence-electron chi connectivity index (χ4n) is 1.43. The van der Waals surface area contributed by atoms with Crippen LogP contribution in [0.15, 0.2) is 29.6 Å². The van der Waals surface area contributed by atoms with Gasteiger partial charge in [0, 0.05) is 23.6 Å². The summed E-state index contributed by atoms with van der Waals surface area (Å²) in [7, 11) is 0. The third-order valence-electron chi connectivity index (χ3n) is 2.40. The van der Waals surface area contributed by atoms with E-state index in [4.69, 9.17) is 4.74 Å². The number of hydrogen-bond donors (Lipinski definition) is 1. The van der Waals surface area contributed by atoms with Gasteiger partial charge in [-0.05, 0) is 12.1 Å². The number of rotatable bonds is 4. The number of alkyl halides is 3. The second-order valence-corrected chi connectivity index (χ2v) is 4.87. The number of aromatic nitrogens is 1. The van der Waals surface area contributed by atoms with E-state index < -0.39 is 11.9 Å². The third kappa shape index (κ3) is 5.28. The molecule has 1 heterocycles. The van der Waals surface area contributed by atoms with Gasteiger partial charge in [0.2, 0.25) is 0 Å². The smallest absolute Gasteiger partial charge is 1.00 e. The van der Waals surface area contributed by atoms with Gasteiger partial charge in [0.15, 0.2) is 10.8 Å². The fourth-order valence-corrected chi connectivity index (χ4v) is 2.16. The Morgan fingerprint density at radius 1 is 1.45 bits per heavy atom. The molecule has 4 nitrogen and oxygen atoms in total. The van der Waals surface area contributed by atoms with Crippen LogP contribution in [0, 0.1) is 0 Å². The van der Waals surface area contributed by atoms with E-state index in [1.807, 2.05) is 0 Å². The molecule has 22 heavy (non-hydrogen) atoms. The molecule has 0 amide bonds. The third-order valence-corrected chi connectivity index (χ3v) is 3.16. The average molecular weight is 340 g/mol. The molecule has 0 aliphatic heterocycles. The number of carbonyl (C=O) groups is 1. The van der Waals surface area contributed by atoms with Crippen LogP contribution in [0.3, 0.4) is 0 Å². The van der Waals surface area contributed by atoms with Crippen molar-refractivity contribution in [3.63, 3.8) is 0 Å². The normalized spacial score (nSPS) is 10.7. The number of esters is 1. The standard InChI is InChI=1S/C13H11F3N2O2S.Na.H/c1-2-11(19)20-9-5-3-4-8(6-9)17-12-18-10(7-21-12)13(14,15)16;;/h3-7H,2H2,1H3,(H,17,18);;/q;+1;-1. The molecule has 2 aromatic rings. The van der Waals surface area contributed by atoms with Crippen molar-refractivity contribution in [2.45, 2.75) is 19.5 Å². The van der Waals surface area contributed by atoms with E-state index in [1.165, 1.54) is 6.07 Å². The number of nitrogens with one attached hydrogen (secondary N) is 1. The molecule has 0 fully saturated rings. The number of nitrogens with zero attached hydrogens (tertiary/aromatic N) is 1.